The van der Waals surface area contributed by atoms with E-state index in [4.69, 9.17) is 5.73 Å². The molecule has 0 spiro atoms. The van der Waals surface area contributed by atoms with Crippen LogP contribution in [0.3, 0.4) is 0 Å². The molecular weight excluding hydrogens is 292 g/mol. The zero-order valence-electron chi connectivity index (χ0n) is 13.3. The molecule has 3 rings (SSSR count). The van der Waals surface area contributed by atoms with Crippen molar-refractivity contribution in [3.05, 3.63) is 24.3 Å². The van der Waals surface area contributed by atoms with E-state index in [1.165, 1.54) is 0 Å². The number of nitrogens with zero attached hydrogens (tertiary/aromatic N) is 2. The number of likely N-dealkylation sites (tertiary alicyclic amines) is 1. The van der Waals surface area contributed by atoms with Gasteiger partial charge >= 0.3 is 0 Å². The van der Waals surface area contributed by atoms with Gasteiger partial charge in [-0.25, -0.2) is 0 Å². The van der Waals surface area contributed by atoms with Crippen LogP contribution in [-0.4, -0.2) is 48.9 Å². The molecule has 6 heteroatoms. The lowest BCUT2D eigenvalue weighted by molar-refractivity contribution is -0.118. The monoisotopic (exact) mass is 316 g/mol. The second-order valence-electron chi connectivity index (χ2n) is 6.33. The molecule has 0 radical (unpaired) electrons. The maximum Gasteiger partial charge on any atom is 0.238 e. The number of nitrogens with one attached hydrogen (secondary N) is 1. The predicted molar refractivity (Wildman–Crippen MR) is 90.3 cm³/mol. The largest absolute Gasteiger partial charge is 0.328 e. The highest BCUT2D eigenvalue weighted by Gasteiger charge is 2.24. The van der Waals surface area contributed by atoms with Gasteiger partial charge in [0, 0.05) is 32.1 Å². The van der Waals surface area contributed by atoms with Crippen molar-refractivity contribution in [2.75, 3.05) is 36.4 Å². The van der Waals surface area contributed by atoms with E-state index in [9.17, 15) is 9.59 Å². The van der Waals surface area contributed by atoms with Crippen LogP contribution in [0.25, 0.3) is 0 Å². The fourth-order valence-corrected chi connectivity index (χ4v) is 3.22. The van der Waals surface area contributed by atoms with Gasteiger partial charge in [-0.2, -0.15) is 0 Å². The molecule has 2 aliphatic heterocycles. The molecular formula is C17H24N4O2. The Balaban J connectivity index is 1.63. The summed E-state index contributed by atoms with van der Waals surface area (Å²) in [5, 5.41) is 2.96. The van der Waals surface area contributed by atoms with Gasteiger partial charge in [-0.1, -0.05) is 12.1 Å². The van der Waals surface area contributed by atoms with E-state index in [1.807, 2.05) is 24.3 Å². The minimum absolute atomic E-state index is 0.0421. The van der Waals surface area contributed by atoms with Crippen LogP contribution in [0.4, 0.5) is 11.4 Å². The summed E-state index contributed by atoms with van der Waals surface area (Å²) in [7, 11) is 0. The quantitative estimate of drug-likeness (QED) is 0.874. The van der Waals surface area contributed by atoms with Crippen LogP contribution in [0.5, 0.6) is 0 Å². The average Bonchev–Trinajstić information content (AvgIpc) is 2.96. The highest BCUT2D eigenvalue weighted by Crippen LogP contribution is 2.29. The first-order valence-electron chi connectivity index (χ1n) is 8.30. The fourth-order valence-electron chi connectivity index (χ4n) is 3.22. The topological polar surface area (TPSA) is 78.7 Å². The first-order valence-corrected chi connectivity index (χ1v) is 8.30. The minimum Gasteiger partial charge on any atom is -0.328 e. The standard InChI is InChI=1S/C17H24N4O2/c18-13-7-10-20(11-8-13)12-16(22)19-14-4-1-2-5-15(14)21-9-3-6-17(21)23/h1-2,4-5,13H,3,6-12,18H2,(H,19,22). The van der Waals surface area contributed by atoms with Crippen LogP contribution in [-0.2, 0) is 9.59 Å². The summed E-state index contributed by atoms with van der Waals surface area (Å²) in [5.41, 5.74) is 7.39. The molecule has 124 valence electrons. The molecule has 0 aromatic heterocycles. The van der Waals surface area contributed by atoms with Crippen LogP contribution < -0.4 is 16.0 Å². The number of hydrogen-bond acceptors (Lipinski definition) is 4. The Hall–Kier alpha value is -1.92. The lowest BCUT2D eigenvalue weighted by atomic mass is 10.1. The zero-order chi connectivity index (χ0) is 16.2. The molecule has 2 amide bonds. The van der Waals surface area contributed by atoms with E-state index in [2.05, 4.69) is 10.2 Å². The van der Waals surface area contributed by atoms with Gasteiger partial charge in [-0.15, -0.1) is 0 Å². The maximum atomic E-state index is 12.3. The average molecular weight is 316 g/mol. The van der Waals surface area contributed by atoms with Gasteiger partial charge in [0.2, 0.25) is 11.8 Å². The molecule has 3 N–H and O–H groups in total. The summed E-state index contributed by atoms with van der Waals surface area (Å²) in [6.45, 7) is 2.81. The number of nitrogens with two attached hydrogens (primary N) is 1. The predicted octanol–water partition coefficient (Wildman–Crippen LogP) is 1.17. The molecule has 2 saturated heterocycles. The van der Waals surface area contributed by atoms with Crippen molar-refractivity contribution in [1.29, 1.82) is 0 Å². The van der Waals surface area contributed by atoms with Crippen molar-refractivity contribution in [2.45, 2.75) is 31.7 Å². The summed E-state index contributed by atoms with van der Waals surface area (Å²) < 4.78 is 0. The molecule has 0 bridgehead atoms. The van der Waals surface area contributed by atoms with Gasteiger partial charge < -0.3 is 16.0 Å². The third-order valence-electron chi connectivity index (χ3n) is 4.54. The second kappa shape index (κ2) is 7.10. The summed E-state index contributed by atoms with van der Waals surface area (Å²) in [5.74, 6) is 0.0799. The molecule has 0 aliphatic carbocycles. The van der Waals surface area contributed by atoms with Gasteiger partial charge in [0.15, 0.2) is 0 Å². The number of carbonyl (C=O) groups is 2. The second-order valence-corrected chi connectivity index (χ2v) is 6.33. The molecule has 2 aliphatic rings. The van der Waals surface area contributed by atoms with Crippen molar-refractivity contribution in [1.82, 2.24) is 4.90 Å². The first kappa shape index (κ1) is 16.0. The highest BCUT2D eigenvalue weighted by molar-refractivity contribution is 6.02. The third kappa shape index (κ3) is 3.89. The van der Waals surface area contributed by atoms with E-state index in [1.54, 1.807) is 4.90 Å². The number of para-hydroxylation sites is 2. The maximum absolute atomic E-state index is 12.3. The summed E-state index contributed by atoms with van der Waals surface area (Å²) in [4.78, 5) is 28.2. The van der Waals surface area contributed by atoms with Crippen molar-refractivity contribution in [2.24, 2.45) is 5.73 Å². The third-order valence-corrected chi connectivity index (χ3v) is 4.54. The van der Waals surface area contributed by atoms with Crippen molar-refractivity contribution >= 4 is 23.2 Å². The molecule has 1 aromatic carbocycles. The molecule has 0 saturated carbocycles. The number of rotatable bonds is 4. The minimum atomic E-state index is -0.0421. The van der Waals surface area contributed by atoms with Gasteiger partial charge in [0.1, 0.15) is 0 Å². The van der Waals surface area contributed by atoms with E-state index in [0.29, 0.717) is 18.7 Å². The summed E-state index contributed by atoms with van der Waals surface area (Å²) in [6, 6.07) is 7.77. The van der Waals surface area contributed by atoms with Gasteiger partial charge in [-0.05, 0) is 31.4 Å². The molecule has 1 aromatic rings. The number of piperidine rings is 1. The van der Waals surface area contributed by atoms with Gasteiger partial charge in [0.25, 0.3) is 0 Å². The van der Waals surface area contributed by atoms with E-state index < -0.39 is 0 Å². The number of anilines is 2. The number of hydrogen-bond donors (Lipinski definition) is 2. The number of benzene rings is 1. The Morgan fingerprint density at radius 2 is 1.96 bits per heavy atom. The molecule has 6 nitrogen and oxygen atoms in total. The van der Waals surface area contributed by atoms with E-state index >= 15 is 0 Å². The first-order chi connectivity index (χ1) is 11.1. The Morgan fingerprint density at radius 1 is 1.22 bits per heavy atom. The van der Waals surface area contributed by atoms with Crippen LogP contribution >= 0.6 is 0 Å². The van der Waals surface area contributed by atoms with Crippen LogP contribution in [0.2, 0.25) is 0 Å². The Morgan fingerprint density at radius 3 is 2.65 bits per heavy atom. The molecule has 2 heterocycles. The van der Waals surface area contributed by atoms with Gasteiger partial charge in [0.05, 0.1) is 17.9 Å². The fraction of sp³-hybridized carbons (Fsp3) is 0.529. The Kier molecular flexibility index (Phi) is 4.93. The van der Waals surface area contributed by atoms with Crippen LogP contribution in [0.15, 0.2) is 24.3 Å². The molecule has 0 atom stereocenters. The lowest BCUT2D eigenvalue weighted by Gasteiger charge is -2.29. The number of carbonyl (C=O) groups excluding carboxylic acids is 2. The lowest BCUT2D eigenvalue weighted by Crippen LogP contribution is -2.43. The van der Waals surface area contributed by atoms with E-state index in [0.717, 1.165) is 44.6 Å². The van der Waals surface area contributed by atoms with Gasteiger partial charge in [-0.3, -0.25) is 14.5 Å². The number of amides is 2. The summed E-state index contributed by atoms with van der Waals surface area (Å²) >= 11 is 0. The molecule has 0 unspecified atom stereocenters. The Labute approximate surface area is 136 Å². The van der Waals surface area contributed by atoms with E-state index in [-0.39, 0.29) is 17.9 Å². The molecule has 23 heavy (non-hydrogen) atoms. The normalized spacial score (nSPS) is 20.0. The van der Waals surface area contributed by atoms with Crippen molar-refractivity contribution in [3.63, 3.8) is 0 Å². The van der Waals surface area contributed by atoms with Crippen molar-refractivity contribution in [3.8, 4) is 0 Å². The van der Waals surface area contributed by atoms with Crippen LogP contribution in [0, 0.1) is 0 Å². The van der Waals surface area contributed by atoms with Crippen LogP contribution in [0.1, 0.15) is 25.7 Å². The Bertz CT molecular complexity index is 582. The summed E-state index contributed by atoms with van der Waals surface area (Å²) in [6.07, 6.45) is 3.32. The molecule has 2 fully saturated rings. The highest BCUT2D eigenvalue weighted by atomic mass is 16.2. The zero-order valence-corrected chi connectivity index (χ0v) is 13.3. The SMILES string of the molecule is NC1CCN(CC(=O)Nc2ccccc2N2CCCC2=O)CC1. The van der Waals surface area contributed by atoms with Crippen molar-refractivity contribution < 1.29 is 9.59 Å². The smallest absolute Gasteiger partial charge is 0.238 e.